The summed E-state index contributed by atoms with van der Waals surface area (Å²) in [6.45, 7) is 3.85. The van der Waals surface area contributed by atoms with Gasteiger partial charge in [0.15, 0.2) is 10.9 Å². The van der Waals surface area contributed by atoms with Crippen LogP contribution in [0, 0.1) is 24.0 Å². The Morgan fingerprint density at radius 2 is 2.00 bits per heavy atom. The lowest BCUT2D eigenvalue weighted by Crippen LogP contribution is -2.31. The molecule has 0 unspecified atom stereocenters. The molecule has 1 amide bonds. The van der Waals surface area contributed by atoms with Crippen LogP contribution in [0.2, 0.25) is 0 Å². The van der Waals surface area contributed by atoms with Gasteiger partial charge in [-0.3, -0.25) is 19.8 Å². The topological polar surface area (TPSA) is 95.7 Å². The number of nitro groups is 1. The molecule has 1 aliphatic heterocycles. The van der Waals surface area contributed by atoms with Gasteiger partial charge in [0.2, 0.25) is 0 Å². The molecule has 0 atom stereocenters. The van der Waals surface area contributed by atoms with Gasteiger partial charge in [0.25, 0.3) is 5.91 Å². The maximum absolute atomic E-state index is 12.8. The molecule has 3 rings (SSSR count). The van der Waals surface area contributed by atoms with E-state index in [2.05, 4.69) is 5.32 Å². The van der Waals surface area contributed by atoms with Crippen molar-refractivity contribution in [1.82, 2.24) is 5.32 Å². The largest absolute Gasteiger partial charge is 0.502 e. The van der Waals surface area contributed by atoms with Crippen molar-refractivity contribution in [2.24, 2.45) is 0 Å². The van der Waals surface area contributed by atoms with Crippen LogP contribution in [-0.4, -0.2) is 21.0 Å². The Labute approximate surface area is 154 Å². The number of phenols is 1. The van der Waals surface area contributed by atoms with Crippen LogP contribution in [-0.2, 0) is 4.79 Å². The zero-order valence-electron chi connectivity index (χ0n) is 14.0. The zero-order valence-corrected chi connectivity index (χ0v) is 14.8. The minimum absolute atomic E-state index is 0.205. The second-order valence-electron chi connectivity index (χ2n) is 5.85. The Bertz CT molecular complexity index is 984. The number of nitrogens with one attached hydrogen (secondary N) is 1. The van der Waals surface area contributed by atoms with Crippen molar-refractivity contribution < 1.29 is 14.8 Å². The van der Waals surface area contributed by atoms with Gasteiger partial charge >= 0.3 is 5.69 Å². The fourth-order valence-corrected chi connectivity index (χ4v) is 2.97. The molecule has 26 heavy (non-hydrogen) atoms. The van der Waals surface area contributed by atoms with Crippen LogP contribution in [0.5, 0.6) is 5.75 Å². The number of carbonyl (C=O) groups is 1. The summed E-state index contributed by atoms with van der Waals surface area (Å²) >= 11 is 5.29. The van der Waals surface area contributed by atoms with E-state index in [4.69, 9.17) is 12.2 Å². The number of anilines is 1. The number of aryl methyl sites for hydroxylation is 1. The minimum atomic E-state index is -0.686. The van der Waals surface area contributed by atoms with Gasteiger partial charge in [0, 0.05) is 6.07 Å². The molecule has 0 aromatic heterocycles. The molecule has 1 heterocycles. The second-order valence-corrected chi connectivity index (χ2v) is 6.24. The molecule has 2 aromatic carbocycles. The van der Waals surface area contributed by atoms with E-state index >= 15 is 0 Å². The average molecular weight is 369 g/mol. The molecule has 132 valence electrons. The number of amides is 1. The number of nitro benzene ring substituents is 1. The lowest BCUT2D eigenvalue weighted by molar-refractivity contribution is -0.385. The molecule has 8 heteroatoms. The summed E-state index contributed by atoms with van der Waals surface area (Å²) in [7, 11) is 0. The molecule has 1 fully saturated rings. The molecule has 7 nitrogen and oxygen atoms in total. The average Bonchev–Trinajstić information content (AvgIpc) is 2.86. The van der Waals surface area contributed by atoms with Gasteiger partial charge < -0.3 is 10.4 Å². The molecule has 2 aromatic rings. The van der Waals surface area contributed by atoms with Crippen molar-refractivity contribution in [3.63, 3.8) is 0 Å². The highest BCUT2D eigenvalue weighted by atomic mass is 32.1. The van der Waals surface area contributed by atoms with Crippen LogP contribution < -0.4 is 10.2 Å². The van der Waals surface area contributed by atoms with Gasteiger partial charge in [-0.1, -0.05) is 18.2 Å². The fourth-order valence-electron chi connectivity index (χ4n) is 2.67. The molecule has 2 N–H and O–H groups in total. The molecule has 1 saturated heterocycles. The molecule has 0 spiro atoms. The van der Waals surface area contributed by atoms with E-state index in [1.807, 2.05) is 32.0 Å². The van der Waals surface area contributed by atoms with E-state index in [1.165, 1.54) is 29.2 Å². The molecular formula is C18H15N3O4S. The molecule has 0 saturated carbocycles. The standard InChI is InChI=1S/C18H15N3O4S/c1-10-4-3-5-14(11(10)2)20-17(23)13(19-18(20)26)8-12-6-7-16(22)15(9-12)21(24)25/h3-9,22H,1-2H3,(H,19,26)/b13-8+. The van der Waals surface area contributed by atoms with Gasteiger partial charge in [-0.15, -0.1) is 0 Å². The first-order chi connectivity index (χ1) is 12.3. The summed E-state index contributed by atoms with van der Waals surface area (Å²) in [4.78, 5) is 24.5. The number of hydrogen-bond donors (Lipinski definition) is 2. The van der Waals surface area contributed by atoms with E-state index in [9.17, 15) is 20.0 Å². The summed E-state index contributed by atoms with van der Waals surface area (Å²) < 4.78 is 0. The van der Waals surface area contributed by atoms with Crippen LogP contribution in [0.1, 0.15) is 16.7 Å². The third-order valence-electron chi connectivity index (χ3n) is 4.20. The van der Waals surface area contributed by atoms with Crippen molar-refractivity contribution in [2.45, 2.75) is 13.8 Å². The van der Waals surface area contributed by atoms with Crippen molar-refractivity contribution in [2.75, 3.05) is 4.90 Å². The highest BCUT2D eigenvalue weighted by Gasteiger charge is 2.33. The smallest absolute Gasteiger partial charge is 0.311 e. The molecular weight excluding hydrogens is 354 g/mol. The normalized spacial score (nSPS) is 15.5. The molecule has 1 aliphatic rings. The van der Waals surface area contributed by atoms with Crippen molar-refractivity contribution in [1.29, 1.82) is 0 Å². The first-order valence-corrected chi connectivity index (χ1v) is 8.11. The summed E-state index contributed by atoms with van der Waals surface area (Å²) in [6, 6.07) is 9.49. The van der Waals surface area contributed by atoms with Crippen molar-refractivity contribution in [3.05, 3.63) is 68.9 Å². The second kappa shape index (κ2) is 6.57. The highest BCUT2D eigenvalue weighted by molar-refractivity contribution is 7.80. The van der Waals surface area contributed by atoms with Gasteiger partial charge in [0.05, 0.1) is 10.6 Å². The Hall–Kier alpha value is -3.26. The first kappa shape index (κ1) is 17.6. The monoisotopic (exact) mass is 369 g/mol. The Morgan fingerprint density at radius 3 is 2.69 bits per heavy atom. The van der Waals surface area contributed by atoms with Crippen LogP contribution in [0.25, 0.3) is 6.08 Å². The van der Waals surface area contributed by atoms with Gasteiger partial charge in [-0.2, -0.15) is 0 Å². The Morgan fingerprint density at radius 1 is 1.27 bits per heavy atom. The number of carbonyl (C=O) groups excluding carboxylic acids is 1. The van der Waals surface area contributed by atoms with Crippen molar-refractivity contribution >= 4 is 40.7 Å². The van der Waals surface area contributed by atoms with E-state index in [0.29, 0.717) is 11.3 Å². The first-order valence-electron chi connectivity index (χ1n) is 7.70. The third-order valence-corrected chi connectivity index (χ3v) is 4.49. The number of nitrogens with zero attached hydrogens (tertiary/aromatic N) is 2. The van der Waals surface area contributed by atoms with Gasteiger partial charge in [-0.25, -0.2) is 0 Å². The molecule has 0 bridgehead atoms. The Kier molecular flexibility index (Phi) is 4.43. The molecule has 0 aliphatic carbocycles. The van der Waals surface area contributed by atoms with E-state index < -0.39 is 16.4 Å². The number of aromatic hydroxyl groups is 1. The predicted octanol–water partition coefficient (Wildman–Crippen LogP) is 3.18. The summed E-state index contributed by atoms with van der Waals surface area (Å²) in [5.41, 5.74) is 2.83. The predicted molar refractivity (Wildman–Crippen MR) is 102 cm³/mol. The number of phenolic OH excluding ortho intramolecular Hbond substituents is 1. The van der Waals surface area contributed by atoms with E-state index in [0.717, 1.165) is 11.1 Å². The van der Waals surface area contributed by atoms with Crippen LogP contribution in [0.15, 0.2) is 42.1 Å². The van der Waals surface area contributed by atoms with Crippen LogP contribution in [0.3, 0.4) is 0 Å². The molecule has 0 radical (unpaired) electrons. The number of hydrogen-bond acceptors (Lipinski definition) is 5. The van der Waals surface area contributed by atoms with Crippen LogP contribution in [0.4, 0.5) is 11.4 Å². The maximum Gasteiger partial charge on any atom is 0.311 e. The quantitative estimate of drug-likeness (QED) is 0.373. The Balaban J connectivity index is 1.99. The maximum atomic E-state index is 12.8. The SMILES string of the molecule is Cc1cccc(N2C(=O)/C(=C\c3ccc(O)c([N+](=O)[O-])c3)NC2=S)c1C. The number of benzene rings is 2. The van der Waals surface area contributed by atoms with Gasteiger partial charge in [-0.05, 0) is 61.0 Å². The zero-order chi connectivity index (χ0) is 19.0. The fraction of sp³-hybridized carbons (Fsp3) is 0.111. The summed E-state index contributed by atoms with van der Waals surface area (Å²) in [6.07, 6.45) is 1.46. The summed E-state index contributed by atoms with van der Waals surface area (Å²) in [5, 5.41) is 23.6. The lowest BCUT2D eigenvalue weighted by Gasteiger charge is -2.17. The van der Waals surface area contributed by atoms with Crippen molar-refractivity contribution in [3.8, 4) is 5.75 Å². The third kappa shape index (κ3) is 3.02. The lowest BCUT2D eigenvalue weighted by atomic mass is 10.1. The van der Waals surface area contributed by atoms with E-state index in [1.54, 1.807) is 0 Å². The number of thiocarbonyl (C=S) groups is 1. The van der Waals surface area contributed by atoms with E-state index in [-0.39, 0.29) is 16.7 Å². The van der Waals surface area contributed by atoms with Crippen LogP contribution >= 0.6 is 12.2 Å². The van der Waals surface area contributed by atoms with Gasteiger partial charge in [0.1, 0.15) is 5.70 Å². The number of rotatable bonds is 3. The summed E-state index contributed by atoms with van der Waals surface area (Å²) in [5.74, 6) is -0.783. The minimum Gasteiger partial charge on any atom is -0.502 e. The highest BCUT2D eigenvalue weighted by Crippen LogP contribution is 2.30.